The van der Waals surface area contributed by atoms with Crippen molar-refractivity contribution in [1.29, 1.82) is 5.26 Å². The van der Waals surface area contributed by atoms with E-state index in [4.69, 9.17) is 5.26 Å². The first-order valence-electron chi connectivity index (χ1n) is 10.2. The number of hydrogen-bond donors (Lipinski definition) is 1. The summed E-state index contributed by atoms with van der Waals surface area (Å²) < 4.78 is 15.4. The molecule has 1 aliphatic heterocycles. The summed E-state index contributed by atoms with van der Waals surface area (Å²) in [6, 6.07) is 1.63. The van der Waals surface area contributed by atoms with Gasteiger partial charge in [0.05, 0.1) is 19.2 Å². The Morgan fingerprint density at radius 2 is 2.21 bits per heavy atom. The minimum absolute atomic E-state index is 0.0257. The summed E-state index contributed by atoms with van der Waals surface area (Å²) in [6.45, 7) is 7.92. The largest absolute Gasteiger partial charge is 0.323 e. The Kier molecular flexibility index (Phi) is 6.04. The van der Waals surface area contributed by atoms with Gasteiger partial charge in [0.2, 0.25) is 5.91 Å². The first kappa shape index (κ1) is 20.7. The molecule has 4 atom stereocenters. The van der Waals surface area contributed by atoms with Crippen molar-refractivity contribution in [3.8, 4) is 6.07 Å². The highest BCUT2D eigenvalue weighted by Gasteiger charge is 2.50. The number of nitrogens with one attached hydrogen (secondary N) is 1. The topological polar surface area (TPSA) is 86.8 Å². The van der Waals surface area contributed by atoms with Crippen LogP contribution in [0.3, 0.4) is 0 Å². The third-order valence-electron chi connectivity index (χ3n) is 7.21. The van der Waals surface area contributed by atoms with E-state index in [1.54, 1.807) is 12.7 Å². The highest BCUT2D eigenvalue weighted by molar-refractivity contribution is 5.79. The van der Waals surface area contributed by atoms with Gasteiger partial charge < -0.3 is 10.2 Å². The zero-order chi connectivity index (χ0) is 20.4. The summed E-state index contributed by atoms with van der Waals surface area (Å²) in [7, 11) is 0. The second kappa shape index (κ2) is 8.16. The maximum absolute atomic E-state index is 13.6. The molecule has 0 unspecified atom stereocenters. The maximum atomic E-state index is 13.6. The minimum atomic E-state index is -1.09. The van der Waals surface area contributed by atoms with Gasteiger partial charge in [-0.25, -0.2) is 9.37 Å². The smallest absolute Gasteiger partial charge is 0.237 e. The fraction of sp³-hybridized carbons (Fsp3) is 0.800. The van der Waals surface area contributed by atoms with Gasteiger partial charge in [-0.1, -0.05) is 20.8 Å². The predicted molar refractivity (Wildman–Crippen MR) is 103 cm³/mol. The average molecular weight is 391 g/mol. The Bertz CT molecular complexity index is 715. The van der Waals surface area contributed by atoms with E-state index < -0.39 is 12.2 Å². The Hall–Kier alpha value is -2.01. The van der Waals surface area contributed by atoms with Crippen molar-refractivity contribution in [2.24, 2.45) is 10.8 Å². The van der Waals surface area contributed by atoms with Crippen LogP contribution in [-0.2, 0) is 11.3 Å². The molecule has 2 heterocycles. The minimum Gasteiger partial charge on any atom is -0.323 e. The Morgan fingerprint density at radius 3 is 2.89 bits per heavy atom. The van der Waals surface area contributed by atoms with E-state index in [2.05, 4.69) is 36.2 Å². The van der Waals surface area contributed by atoms with Crippen LogP contribution >= 0.6 is 0 Å². The van der Waals surface area contributed by atoms with E-state index in [0.29, 0.717) is 0 Å². The molecule has 1 aromatic heterocycles. The van der Waals surface area contributed by atoms with E-state index in [-0.39, 0.29) is 42.3 Å². The van der Waals surface area contributed by atoms with Crippen LogP contribution in [0.15, 0.2) is 12.7 Å². The van der Waals surface area contributed by atoms with Gasteiger partial charge in [-0.2, -0.15) is 10.4 Å². The SMILES string of the molecule is CC1(C)[C@@H](NCC(=O)N2C[C@@H](F)C[C@H]2C#N)CC[C@]1(C)CCCn1cncn1. The summed E-state index contributed by atoms with van der Waals surface area (Å²) in [4.78, 5) is 17.9. The molecule has 1 amide bonds. The van der Waals surface area contributed by atoms with Crippen LogP contribution in [-0.4, -0.2) is 56.9 Å². The molecule has 2 fully saturated rings. The molecule has 28 heavy (non-hydrogen) atoms. The highest BCUT2D eigenvalue weighted by Crippen LogP contribution is 2.55. The predicted octanol–water partition coefficient (Wildman–Crippen LogP) is 2.31. The summed E-state index contributed by atoms with van der Waals surface area (Å²) in [5.74, 6) is -0.178. The second-order valence-corrected chi connectivity index (χ2v) is 9.04. The number of hydrogen-bond acceptors (Lipinski definition) is 5. The molecule has 1 saturated heterocycles. The quantitative estimate of drug-likeness (QED) is 0.772. The zero-order valence-corrected chi connectivity index (χ0v) is 17.1. The Labute approximate surface area is 166 Å². The lowest BCUT2D eigenvalue weighted by Gasteiger charge is -2.42. The van der Waals surface area contributed by atoms with Crippen molar-refractivity contribution in [2.45, 2.75) is 77.7 Å². The van der Waals surface area contributed by atoms with Crippen molar-refractivity contribution in [3.63, 3.8) is 0 Å². The number of likely N-dealkylation sites (tertiary alicyclic amines) is 1. The molecule has 7 nitrogen and oxygen atoms in total. The van der Waals surface area contributed by atoms with Crippen LogP contribution in [0.4, 0.5) is 4.39 Å². The molecule has 1 aromatic rings. The standard InChI is InChI=1S/C20H31FN6O/c1-19(2)17(24-11-18(28)27-12-15(21)9-16(27)10-22)5-7-20(19,3)6-4-8-26-14-23-13-25-26/h13-17,24H,4-9,11-12H2,1-3H3/t15-,16-,17-,20-/m0/s1. The molecule has 0 spiro atoms. The Balaban J connectivity index is 1.52. The summed E-state index contributed by atoms with van der Waals surface area (Å²) in [6.07, 6.45) is 6.55. The highest BCUT2D eigenvalue weighted by atomic mass is 19.1. The van der Waals surface area contributed by atoms with Crippen molar-refractivity contribution in [2.75, 3.05) is 13.1 Å². The number of halogens is 1. The second-order valence-electron chi connectivity index (χ2n) is 9.04. The molecule has 1 saturated carbocycles. The van der Waals surface area contributed by atoms with Gasteiger partial charge in [-0.05, 0) is 36.5 Å². The number of carbonyl (C=O) groups is 1. The van der Waals surface area contributed by atoms with E-state index in [0.717, 1.165) is 32.2 Å². The molecule has 1 N–H and O–H groups in total. The summed E-state index contributed by atoms with van der Waals surface area (Å²) in [5, 5.41) is 16.7. The molecule has 0 radical (unpaired) electrons. The fourth-order valence-corrected chi connectivity index (χ4v) is 4.85. The summed E-state index contributed by atoms with van der Waals surface area (Å²) >= 11 is 0. The van der Waals surface area contributed by atoms with E-state index in [1.165, 1.54) is 4.90 Å². The third kappa shape index (κ3) is 4.04. The van der Waals surface area contributed by atoms with Crippen LogP contribution < -0.4 is 5.32 Å². The van der Waals surface area contributed by atoms with Gasteiger partial charge in [0.15, 0.2) is 0 Å². The molecule has 8 heteroatoms. The van der Waals surface area contributed by atoms with Gasteiger partial charge in [0.1, 0.15) is 24.9 Å². The molecule has 0 bridgehead atoms. The number of aryl methyl sites for hydroxylation is 1. The molecule has 154 valence electrons. The normalized spacial score (nSPS) is 31.8. The van der Waals surface area contributed by atoms with E-state index in [9.17, 15) is 9.18 Å². The summed E-state index contributed by atoms with van der Waals surface area (Å²) in [5.41, 5.74) is 0.194. The van der Waals surface area contributed by atoms with Gasteiger partial charge in [-0.3, -0.25) is 9.48 Å². The van der Waals surface area contributed by atoms with Gasteiger partial charge in [-0.15, -0.1) is 0 Å². The van der Waals surface area contributed by atoms with Crippen LogP contribution in [0.5, 0.6) is 0 Å². The van der Waals surface area contributed by atoms with Crippen molar-refractivity contribution >= 4 is 5.91 Å². The molecule has 0 aromatic carbocycles. The molecule has 3 rings (SSSR count). The molecule has 2 aliphatic rings. The van der Waals surface area contributed by atoms with Crippen molar-refractivity contribution in [1.82, 2.24) is 25.0 Å². The number of aromatic nitrogens is 3. The molecular weight excluding hydrogens is 359 g/mol. The van der Waals surface area contributed by atoms with Crippen molar-refractivity contribution in [3.05, 3.63) is 12.7 Å². The lowest BCUT2D eigenvalue weighted by atomic mass is 9.65. The lowest BCUT2D eigenvalue weighted by molar-refractivity contribution is -0.130. The Morgan fingerprint density at radius 1 is 1.43 bits per heavy atom. The zero-order valence-electron chi connectivity index (χ0n) is 17.1. The number of rotatable bonds is 7. The van der Waals surface area contributed by atoms with Gasteiger partial charge in [0.25, 0.3) is 0 Å². The molecular formula is C20H31FN6O. The van der Waals surface area contributed by atoms with Gasteiger partial charge in [0, 0.05) is 19.0 Å². The lowest BCUT2D eigenvalue weighted by Crippen LogP contribution is -2.49. The number of alkyl halides is 1. The first-order valence-corrected chi connectivity index (χ1v) is 10.2. The van der Waals surface area contributed by atoms with Crippen LogP contribution in [0.2, 0.25) is 0 Å². The number of amides is 1. The van der Waals surface area contributed by atoms with E-state index >= 15 is 0 Å². The van der Waals surface area contributed by atoms with Crippen molar-refractivity contribution < 1.29 is 9.18 Å². The molecule has 1 aliphatic carbocycles. The number of nitriles is 1. The number of nitrogens with zero attached hydrogens (tertiary/aromatic N) is 5. The van der Waals surface area contributed by atoms with Crippen LogP contribution in [0, 0.1) is 22.2 Å². The van der Waals surface area contributed by atoms with Crippen LogP contribution in [0.25, 0.3) is 0 Å². The van der Waals surface area contributed by atoms with E-state index in [1.807, 2.05) is 10.8 Å². The van der Waals surface area contributed by atoms with Gasteiger partial charge >= 0.3 is 0 Å². The maximum Gasteiger partial charge on any atom is 0.237 e. The first-order chi connectivity index (χ1) is 13.3. The number of carbonyl (C=O) groups excluding carboxylic acids is 1. The average Bonchev–Trinajstić information content (AvgIpc) is 3.34. The van der Waals surface area contributed by atoms with Crippen LogP contribution in [0.1, 0.15) is 52.9 Å². The fourth-order valence-electron chi connectivity index (χ4n) is 4.85. The monoisotopic (exact) mass is 390 g/mol. The third-order valence-corrected chi connectivity index (χ3v) is 7.21.